The Hall–Kier alpha value is -3.07. The van der Waals surface area contributed by atoms with Gasteiger partial charge in [0.25, 0.3) is 5.56 Å². The van der Waals surface area contributed by atoms with E-state index >= 15 is 0 Å². The second kappa shape index (κ2) is 6.73. The van der Waals surface area contributed by atoms with Crippen molar-refractivity contribution in [2.45, 2.75) is 18.9 Å². The maximum absolute atomic E-state index is 12.6. The van der Waals surface area contributed by atoms with E-state index in [1.54, 1.807) is 11.6 Å². The lowest BCUT2D eigenvalue weighted by atomic mass is 10.0. The van der Waals surface area contributed by atoms with Gasteiger partial charge in [-0.2, -0.15) is 4.98 Å². The summed E-state index contributed by atoms with van der Waals surface area (Å²) < 4.78 is 6.57. The van der Waals surface area contributed by atoms with Crippen LogP contribution in [0.25, 0.3) is 22.2 Å². The number of imidazole rings is 2. The third-order valence-corrected chi connectivity index (χ3v) is 6.36. The number of fused-ring (bicyclic) bond motifs is 2. The summed E-state index contributed by atoms with van der Waals surface area (Å²) in [6.07, 6.45) is 3.73. The predicted octanol–water partition coefficient (Wildman–Crippen LogP) is 1.82. The van der Waals surface area contributed by atoms with Crippen LogP contribution in [0.3, 0.4) is 0 Å². The monoisotopic (exact) mass is 427 g/mol. The molecule has 0 spiro atoms. The molecule has 3 aromatic heterocycles. The first-order valence-electron chi connectivity index (χ1n) is 9.86. The Morgan fingerprint density at radius 1 is 1.03 bits per heavy atom. The number of hydrogen-bond acceptors (Lipinski definition) is 5. The van der Waals surface area contributed by atoms with Crippen LogP contribution >= 0.6 is 11.6 Å². The Kier molecular flexibility index (Phi) is 4.25. The summed E-state index contributed by atoms with van der Waals surface area (Å²) in [5.41, 5.74) is 2.14. The smallest absolute Gasteiger partial charge is 0.332 e. The number of aryl methyl sites for hydroxylation is 2. The summed E-state index contributed by atoms with van der Waals surface area (Å²) in [7, 11) is 4.96. The minimum absolute atomic E-state index is 0.326. The normalized spacial score (nSPS) is 15.5. The quantitative estimate of drug-likeness (QED) is 0.487. The molecule has 1 fully saturated rings. The molecule has 9 nitrogen and oxygen atoms in total. The van der Waals surface area contributed by atoms with Crippen LogP contribution in [0.2, 0.25) is 5.02 Å². The zero-order valence-corrected chi connectivity index (χ0v) is 17.8. The molecule has 0 amide bonds. The first-order chi connectivity index (χ1) is 14.4. The fraction of sp³-hybridized carbons (Fsp3) is 0.400. The van der Waals surface area contributed by atoms with Gasteiger partial charge in [-0.15, -0.1) is 0 Å². The Bertz CT molecular complexity index is 1400. The van der Waals surface area contributed by atoms with Gasteiger partial charge >= 0.3 is 5.69 Å². The van der Waals surface area contributed by atoms with Gasteiger partial charge in [0, 0.05) is 45.3 Å². The van der Waals surface area contributed by atoms with E-state index in [2.05, 4.69) is 19.4 Å². The largest absolute Gasteiger partial charge is 0.342 e. The highest BCUT2D eigenvalue weighted by molar-refractivity contribution is 6.31. The molecule has 0 saturated carbocycles. The van der Waals surface area contributed by atoms with Gasteiger partial charge < -0.3 is 14.0 Å². The van der Waals surface area contributed by atoms with Crippen LogP contribution in [0, 0.1) is 0 Å². The van der Waals surface area contributed by atoms with E-state index in [1.165, 1.54) is 11.6 Å². The van der Waals surface area contributed by atoms with Crippen LogP contribution < -0.4 is 16.1 Å². The molecule has 1 aromatic carbocycles. The third-order valence-electron chi connectivity index (χ3n) is 6.13. The van der Waals surface area contributed by atoms with Gasteiger partial charge in [0.05, 0.1) is 17.4 Å². The van der Waals surface area contributed by atoms with Crippen molar-refractivity contribution in [2.24, 2.45) is 21.1 Å². The molecule has 10 heteroatoms. The number of anilines is 1. The van der Waals surface area contributed by atoms with E-state index in [4.69, 9.17) is 11.6 Å². The van der Waals surface area contributed by atoms with Crippen LogP contribution in [-0.2, 0) is 21.1 Å². The lowest BCUT2D eigenvalue weighted by molar-refractivity contribution is 0.400. The van der Waals surface area contributed by atoms with Crippen molar-refractivity contribution in [3.63, 3.8) is 0 Å². The van der Waals surface area contributed by atoms with Crippen LogP contribution in [0.4, 0.5) is 5.95 Å². The molecule has 0 unspecified atom stereocenters. The highest BCUT2D eigenvalue weighted by atomic mass is 35.5. The van der Waals surface area contributed by atoms with E-state index in [0.717, 1.165) is 41.5 Å². The van der Waals surface area contributed by atoms with Crippen LogP contribution in [0.5, 0.6) is 0 Å². The average Bonchev–Trinajstić information content (AvgIpc) is 3.31. The summed E-state index contributed by atoms with van der Waals surface area (Å²) in [4.78, 5) is 36.2. The van der Waals surface area contributed by atoms with Gasteiger partial charge in [-0.3, -0.25) is 13.9 Å². The zero-order chi connectivity index (χ0) is 21.2. The van der Waals surface area contributed by atoms with Crippen molar-refractivity contribution < 1.29 is 0 Å². The molecule has 30 heavy (non-hydrogen) atoms. The van der Waals surface area contributed by atoms with Crippen LogP contribution in [0.15, 0.2) is 34.1 Å². The predicted molar refractivity (Wildman–Crippen MR) is 116 cm³/mol. The molecule has 0 aliphatic carbocycles. The summed E-state index contributed by atoms with van der Waals surface area (Å²) in [5.74, 6) is 0.712. The zero-order valence-electron chi connectivity index (χ0n) is 17.0. The Balaban J connectivity index is 1.46. The van der Waals surface area contributed by atoms with E-state index < -0.39 is 0 Å². The maximum atomic E-state index is 12.6. The molecule has 4 aromatic rings. The lowest BCUT2D eigenvalue weighted by Crippen LogP contribution is -2.37. The van der Waals surface area contributed by atoms with Gasteiger partial charge in [-0.1, -0.05) is 11.6 Å². The van der Waals surface area contributed by atoms with Crippen molar-refractivity contribution in [3.05, 3.63) is 50.4 Å². The van der Waals surface area contributed by atoms with Crippen molar-refractivity contribution >= 4 is 39.7 Å². The van der Waals surface area contributed by atoms with Gasteiger partial charge in [-0.05, 0) is 31.0 Å². The van der Waals surface area contributed by atoms with Gasteiger partial charge in [0.2, 0.25) is 5.95 Å². The SMILES string of the molecule is Cn1c(=O)c2c(nc(N3CCC(n4cnc5cc(Cl)ccc54)CC3)n2C)n(C)c1=O. The molecule has 156 valence electrons. The van der Waals surface area contributed by atoms with Crippen molar-refractivity contribution in [2.75, 3.05) is 18.0 Å². The minimum atomic E-state index is -0.372. The van der Waals surface area contributed by atoms with Crippen molar-refractivity contribution in [1.82, 2.24) is 28.2 Å². The molecule has 0 atom stereocenters. The molecule has 5 rings (SSSR count). The van der Waals surface area contributed by atoms with Crippen LogP contribution in [-0.4, -0.2) is 41.3 Å². The summed E-state index contributed by atoms with van der Waals surface area (Å²) in [6.45, 7) is 1.59. The highest BCUT2D eigenvalue weighted by Gasteiger charge is 2.26. The van der Waals surface area contributed by atoms with Crippen molar-refractivity contribution in [1.29, 1.82) is 0 Å². The highest BCUT2D eigenvalue weighted by Crippen LogP contribution is 2.30. The van der Waals surface area contributed by atoms with Crippen LogP contribution in [0.1, 0.15) is 18.9 Å². The molecular weight excluding hydrogens is 406 g/mol. The van der Waals surface area contributed by atoms with E-state index in [0.29, 0.717) is 28.2 Å². The molecule has 1 aliphatic heterocycles. The Labute approximate surface area is 176 Å². The number of benzene rings is 1. The molecule has 0 bridgehead atoms. The number of halogens is 1. The van der Waals surface area contributed by atoms with Crippen molar-refractivity contribution in [3.8, 4) is 0 Å². The fourth-order valence-corrected chi connectivity index (χ4v) is 4.60. The maximum Gasteiger partial charge on any atom is 0.332 e. The first-order valence-corrected chi connectivity index (χ1v) is 10.2. The second-order valence-corrected chi connectivity index (χ2v) is 8.29. The Morgan fingerprint density at radius 3 is 2.50 bits per heavy atom. The summed E-state index contributed by atoms with van der Waals surface area (Å²) in [6, 6.07) is 6.12. The number of piperidine rings is 1. The number of nitrogens with zero attached hydrogens (tertiary/aromatic N) is 7. The van der Waals surface area contributed by atoms with Gasteiger partial charge in [0.15, 0.2) is 11.2 Å². The molecular formula is C20H22ClN7O2. The standard InChI is InChI=1S/C20H22ClN7O2/c1-24-16-17(25(2)20(30)26(3)18(16)29)23-19(24)27-8-6-13(7-9-27)28-11-22-14-10-12(21)4-5-15(14)28/h4-5,10-11,13H,6-9H2,1-3H3. The number of rotatable bonds is 2. The lowest BCUT2D eigenvalue weighted by Gasteiger charge is -2.33. The average molecular weight is 428 g/mol. The molecule has 0 N–H and O–H groups in total. The number of aromatic nitrogens is 6. The van der Waals surface area contributed by atoms with Gasteiger partial charge in [-0.25, -0.2) is 9.78 Å². The molecule has 1 aliphatic rings. The minimum Gasteiger partial charge on any atom is -0.342 e. The third kappa shape index (κ3) is 2.68. The molecule has 0 radical (unpaired) electrons. The van der Waals surface area contributed by atoms with E-state index in [1.807, 2.05) is 31.6 Å². The molecule has 1 saturated heterocycles. The van der Waals surface area contributed by atoms with Gasteiger partial charge in [0.1, 0.15) is 0 Å². The first kappa shape index (κ1) is 18.9. The fourth-order valence-electron chi connectivity index (χ4n) is 4.43. The molecule has 4 heterocycles. The second-order valence-electron chi connectivity index (χ2n) is 7.85. The van der Waals surface area contributed by atoms with E-state index in [-0.39, 0.29) is 11.2 Å². The summed E-state index contributed by atoms with van der Waals surface area (Å²) >= 11 is 6.08. The number of hydrogen-bond donors (Lipinski definition) is 0. The topological polar surface area (TPSA) is 82.9 Å². The Morgan fingerprint density at radius 2 is 1.77 bits per heavy atom. The van der Waals surface area contributed by atoms with E-state index in [9.17, 15) is 9.59 Å². The summed E-state index contributed by atoms with van der Waals surface area (Å²) in [5, 5.41) is 0.685.